The molecule has 0 aromatic carbocycles. The maximum absolute atomic E-state index is 12.6. The highest BCUT2D eigenvalue weighted by Gasteiger charge is 2.48. The van der Waals surface area contributed by atoms with Crippen LogP contribution in [0.2, 0.25) is 0 Å². The molecule has 4 saturated carbocycles. The first-order chi connectivity index (χ1) is 10.6. The van der Waals surface area contributed by atoms with Crippen molar-refractivity contribution in [2.24, 2.45) is 29.6 Å². The summed E-state index contributed by atoms with van der Waals surface area (Å²) in [5.74, 6) is 3.55. The summed E-state index contributed by atoms with van der Waals surface area (Å²) in [5.41, 5.74) is 0. The van der Waals surface area contributed by atoms with E-state index in [1.54, 1.807) is 6.20 Å². The molecule has 4 fully saturated rings. The van der Waals surface area contributed by atoms with Gasteiger partial charge in [0.15, 0.2) is 0 Å². The maximum Gasteiger partial charge on any atom is 0.224 e. The van der Waals surface area contributed by atoms with Gasteiger partial charge in [-0.2, -0.15) is 5.10 Å². The molecule has 5 rings (SSSR count). The van der Waals surface area contributed by atoms with Gasteiger partial charge in [-0.1, -0.05) is 6.92 Å². The van der Waals surface area contributed by atoms with Crippen molar-refractivity contribution >= 4 is 21.8 Å². The van der Waals surface area contributed by atoms with Crippen molar-refractivity contribution in [1.29, 1.82) is 0 Å². The normalized spacial score (nSPS) is 37.3. The van der Waals surface area contributed by atoms with Gasteiger partial charge in [0, 0.05) is 12.2 Å². The number of rotatable bonds is 4. The minimum absolute atomic E-state index is 0.0380. The molecule has 1 amide bonds. The molecule has 4 aliphatic carbocycles. The molecular formula is C17H24BrN3O. The van der Waals surface area contributed by atoms with Crippen molar-refractivity contribution in [1.82, 2.24) is 15.1 Å². The van der Waals surface area contributed by atoms with E-state index in [0.29, 0.717) is 12.6 Å². The van der Waals surface area contributed by atoms with E-state index in [-0.39, 0.29) is 11.8 Å². The van der Waals surface area contributed by atoms with Gasteiger partial charge >= 0.3 is 0 Å². The summed E-state index contributed by atoms with van der Waals surface area (Å²) in [6, 6.07) is 0.437. The van der Waals surface area contributed by atoms with E-state index < -0.39 is 0 Å². The van der Waals surface area contributed by atoms with E-state index >= 15 is 0 Å². The van der Waals surface area contributed by atoms with Crippen molar-refractivity contribution in [3.05, 3.63) is 16.9 Å². The van der Waals surface area contributed by atoms with Crippen LogP contribution in [0.1, 0.15) is 39.0 Å². The average Bonchev–Trinajstić information content (AvgIpc) is 2.87. The zero-order chi connectivity index (χ0) is 15.3. The lowest BCUT2D eigenvalue weighted by atomic mass is 9.54. The number of carbonyl (C=O) groups excluding carboxylic acids is 1. The largest absolute Gasteiger partial charge is 0.353 e. The summed E-state index contributed by atoms with van der Waals surface area (Å²) in [7, 11) is 0. The van der Waals surface area contributed by atoms with Gasteiger partial charge in [0.1, 0.15) is 0 Å². The van der Waals surface area contributed by atoms with E-state index in [1.807, 2.05) is 17.8 Å². The van der Waals surface area contributed by atoms with E-state index in [1.165, 1.54) is 32.1 Å². The van der Waals surface area contributed by atoms with Crippen LogP contribution >= 0.6 is 15.9 Å². The first-order valence-corrected chi connectivity index (χ1v) is 9.36. The molecule has 1 atom stereocenters. The number of carbonyl (C=O) groups is 1. The van der Waals surface area contributed by atoms with Crippen molar-refractivity contribution in [2.75, 3.05) is 0 Å². The number of hydrogen-bond donors (Lipinski definition) is 1. The van der Waals surface area contributed by atoms with Crippen molar-refractivity contribution in [3.8, 4) is 0 Å². The fraction of sp³-hybridized carbons (Fsp3) is 0.765. The number of amides is 1. The second-order valence-corrected chi connectivity index (χ2v) is 8.66. The molecule has 120 valence electrons. The fourth-order valence-electron chi connectivity index (χ4n) is 5.27. The van der Waals surface area contributed by atoms with Crippen LogP contribution < -0.4 is 5.32 Å². The van der Waals surface area contributed by atoms with Crippen LogP contribution in [0.4, 0.5) is 0 Å². The summed E-state index contributed by atoms with van der Waals surface area (Å²) in [6.07, 6.45) is 10.5. The van der Waals surface area contributed by atoms with Crippen LogP contribution in [0.15, 0.2) is 16.9 Å². The predicted octanol–water partition coefficient (Wildman–Crippen LogP) is 3.22. The Morgan fingerprint density at radius 2 is 1.95 bits per heavy atom. The molecule has 22 heavy (non-hydrogen) atoms. The summed E-state index contributed by atoms with van der Waals surface area (Å²) in [6.45, 7) is 2.64. The number of aromatic nitrogens is 2. The molecule has 5 heteroatoms. The van der Waals surface area contributed by atoms with Gasteiger partial charge < -0.3 is 5.32 Å². The zero-order valence-electron chi connectivity index (χ0n) is 13.0. The average molecular weight is 366 g/mol. The first kappa shape index (κ1) is 14.7. The Hall–Kier alpha value is -0.840. The number of hydrogen-bond acceptors (Lipinski definition) is 2. The van der Waals surface area contributed by atoms with Gasteiger partial charge in [-0.15, -0.1) is 0 Å². The number of nitrogens with one attached hydrogen (secondary N) is 1. The molecule has 1 aromatic heterocycles. The molecule has 1 heterocycles. The third-order valence-electron chi connectivity index (χ3n) is 6.05. The highest BCUT2D eigenvalue weighted by atomic mass is 79.9. The Morgan fingerprint density at radius 1 is 1.32 bits per heavy atom. The van der Waals surface area contributed by atoms with Gasteiger partial charge in [-0.3, -0.25) is 9.48 Å². The molecule has 0 radical (unpaired) electrons. The second kappa shape index (κ2) is 5.66. The Balaban J connectivity index is 1.37. The molecule has 1 aromatic rings. The molecular weight excluding hydrogens is 342 g/mol. The fourth-order valence-corrected chi connectivity index (χ4v) is 5.60. The molecule has 0 saturated heterocycles. The highest BCUT2D eigenvalue weighted by Crippen LogP contribution is 2.53. The van der Waals surface area contributed by atoms with E-state index in [4.69, 9.17) is 0 Å². The van der Waals surface area contributed by atoms with Crippen LogP contribution in [0, 0.1) is 29.6 Å². The topological polar surface area (TPSA) is 46.9 Å². The second-order valence-electron chi connectivity index (χ2n) is 7.75. The third kappa shape index (κ3) is 2.72. The third-order valence-corrected chi connectivity index (χ3v) is 6.46. The summed E-state index contributed by atoms with van der Waals surface area (Å²) in [5, 5.41) is 7.64. The van der Waals surface area contributed by atoms with Gasteiger partial charge in [-0.25, -0.2) is 0 Å². The van der Waals surface area contributed by atoms with Crippen LogP contribution in [0.5, 0.6) is 0 Å². The molecule has 1 N–H and O–H groups in total. The zero-order valence-corrected chi connectivity index (χ0v) is 14.6. The molecule has 4 aliphatic rings. The number of nitrogens with zero attached hydrogens (tertiary/aromatic N) is 2. The van der Waals surface area contributed by atoms with E-state index in [0.717, 1.165) is 28.1 Å². The summed E-state index contributed by atoms with van der Waals surface area (Å²) in [4.78, 5) is 12.6. The van der Waals surface area contributed by atoms with E-state index in [2.05, 4.69) is 26.3 Å². The van der Waals surface area contributed by atoms with Crippen LogP contribution in [-0.4, -0.2) is 21.7 Å². The van der Waals surface area contributed by atoms with Crippen molar-refractivity contribution < 1.29 is 4.79 Å². The predicted molar refractivity (Wildman–Crippen MR) is 88.1 cm³/mol. The van der Waals surface area contributed by atoms with Gasteiger partial charge in [0.25, 0.3) is 0 Å². The first-order valence-electron chi connectivity index (χ1n) is 8.57. The molecule has 0 aliphatic heterocycles. The van der Waals surface area contributed by atoms with Crippen LogP contribution in [-0.2, 0) is 11.3 Å². The Kier molecular flexibility index (Phi) is 3.79. The van der Waals surface area contributed by atoms with Crippen LogP contribution in [0.3, 0.4) is 0 Å². The SMILES string of the molecule is CC(Cn1cc(Br)cn1)C(=O)NC1C2CC3CC(C2)CC1C3. The Bertz CT molecular complexity index is 542. The minimum atomic E-state index is -0.0380. The summed E-state index contributed by atoms with van der Waals surface area (Å²) >= 11 is 3.40. The van der Waals surface area contributed by atoms with Gasteiger partial charge in [0.05, 0.1) is 23.1 Å². The lowest BCUT2D eigenvalue weighted by Crippen LogP contribution is -2.56. The van der Waals surface area contributed by atoms with Crippen LogP contribution in [0.25, 0.3) is 0 Å². The van der Waals surface area contributed by atoms with Crippen molar-refractivity contribution in [3.63, 3.8) is 0 Å². The minimum Gasteiger partial charge on any atom is -0.353 e. The molecule has 4 nitrogen and oxygen atoms in total. The molecule has 0 spiro atoms. The Morgan fingerprint density at radius 3 is 2.50 bits per heavy atom. The van der Waals surface area contributed by atoms with Crippen molar-refractivity contribution in [2.45, 2.75) is 51.6 Å². The van der Waals surface area contributed by atoms with E-state index in [9.17, 15) is 4.79 Å². The highest BCUT2D eigenvalue weighted by molar-refractivity contribution is 9.10. The number of halogens is 1. The molecule has 1 unspecified atom stereocenters. The lowest BCUT2D eigenvalue weighted by Gasteiger charge is -2.54. The quantitative estimate of drug-likeness (QED) is 0.890. The monoisotopic (exact) mass is 365 g/mol. The summed E-state index contributed by atoms with van der Waals surface area (Å²) < 4.78 is 2.80. The maximum atomic E-state index is 12.6. The smallest absolute Gasteiger partial charge is 0.224 e. The van der Waals surface area contributed by atoms with Gasteiger partial charge in [0.2, 0.25) is 5.91 Å². The Labute approximate surface area is 140 Å². The molecule has 4 bridgehead atoms. The van der Waals surface area contributed by atoms with Gasteiger partial charge in [-0.05, 0) is 71.7 Å². The standard InChI is InChI=1S/C17H24BrN3O/c1-10(8-21-9-15(18)7-19-21)17(22)20-16-13-3-11-2-12(5-13)6-14(16)4-11/h7,9-14,16H,2-6,8H2,1H3,(H,20,22). The lowest BCUT2D eigenvalue weighted by molar-refractivity contribution is -0.129.